The molecule has 0 aliphatic carbocycles. The number of ether oxygens (including phenoxy) is 1. The van der Waals surface area contributed by atoms with Gasteiger partial charge in [-0.3, -0.25) is 4.79 Å². The van der Waals surface area contributed by atoms with Gasteiger partial charge in [0.1, 0.15) is 6.04 Å². The molecule has 17 heavy (non-hydrogen) atoms. The highest BCUT2D eigenvalue weighted by atomic mass is 19.4. The van der Waals surface area contributed by atoms with E-state index in [2.05, 4.69) is 10.1 Å². The van der Waals surface area contributed by atoms with Crippen LogP contribution in [0.4, 0.5) is 13.2 Å². The highest BCUT2D eigenvalue weighted by Crippen LogP contribution is 2.22. The smallest absolute Gasteiger partial charge is 0.414 e. The Labute approximate surface area is 98.1 Å². The Bertz CT molecular complexity index is 243. The molecule has 0 bridgehead atoms. The standard InChI is InChI=1S/C10H18F3NO3/c1-6(2)14-8(9(15)16)4-5-17-7(3)10(11,12)13/h6-8,14H,4-5H2,1-3H3,(H,15,16). The van der Waals surface area contributed by atoms with Gasteiger partial charge in [0, 0.05) is 12.6 Å². The summed E-state index contributed by atoms with van der Waals surface area (Å²) in [7, 11) is 0. The number of carbonyl (C=O) groups is 1. The first-order valence-electron chi connectivity index (χ1n) is 5.31. The Morgan fingerprint density at radius 1 is 1.35 bits per heavy atom. The first-order valence-corrected chi connectivity index (χ1v) is 5.31. The molecule has 0 aliphatic heterocycles. The average Bonchev–Trinajstić information content (AvgIpc) is 2.13. The number of alkyl halides is 3. The van der Waals surface area contributed by atoms with E-state index in [-0.39, 0.29) is 19.1 Å². The number of halogens is 3. The molecule has 0 heterocycles. The van der Waals surface area contributed by atoms with Gasteiger partial charge in [0.25, 0.3) is 0 Å². The highest BCUT2D eigenvalue weighted by molar-refractivity contribution is 5.73. The van der Waals surface area contributed by atoms with Gasteiger partial charge in [0.2, 0.25) is 0 Å². The summed E-state index contributed by atoms with van der Waals surface area (Å²) in [5, 5.41) is 11.5. The molecule has 2 N–H and O–H groups in total. The van der Waals surface area contributed by atoms with Crippen molar-refractivity contribution in [3.63, 3.8) is 0 Å². The molecular weight excluding hydrogens is 239 g/mol. The summed E-state index contributed by atoms with van der Waals surface area (Å²) in [4.78, 5) is 10.8. The summed E-state index contributed by atoms with van der Waals surface area (Å²) in [5.74, 6) is -1.10. The Hall–Kier alpha value is -0.820. The van der Waals surface area contributed by atoms with E-state index in [0.29, 0.717) is 0 Å². The van der Waals surface area contributed by atoms with Crippen molar-refractivity contribution >= 4 is 5.97 Å². The van der Waals surface area contributed by atoms with Gasteiger partial charge in [0.05, 0.1) is 0 Å². The Balaban J connectivity index is 4.03. The van der Waals surface area contributed by atoms with Crippen LogP contribution in [-0.2, 0) is 9.53 Å². The number of aliphatic carboxylic acids is 1. The van der Waals surface area contributed by atoms with E-state index in [1.807, 2.05) is 0 Å². The zero-order chi connectivity index (χ0) is 13.6. The second kappa shape index (κ2) is 6.80. The molecule has 2 atom stereocenters. The number of rotatable bonds is 7. The Morgan fingerprint density at radius 3 is 2.24 bits per heavy atom. The fourth-order valence-electron chi connectivity index (χ4n) is 1.14. The van der Waals surface area contributed by atoms with Crippen LogP contribution in [0.5, 0.6) is 0 Å². The maximum atomic E-state index is 12.1. The zero-order valence-corrected chi connectivity index (χ0v) is 10.0. The zero-order valence-electron chi connectivity index (χ0n) is 10.0. The van der Waals surface area contributed by atoms with Crippen molar-refractivity contribution in [1.29, 1.82) is 0 Å². The van der Waals surface area contributed by atoms with Gasteiger partial charge in [-0.2, -0.15) is 13.2 Å². The molecule has 0 saturated heterocycles. The van der Waals surface area contributed by atoms with Gasteiger partial charge < -0.3 is 15.2 Å². The van der Waals surface area contributed by atoms with Crippen LogP contribution in [0.15, 0.2) is 0 Å². The van der Waals surface area contributed by atoms with E-state index < -0.39 is 24.3 Å². The number of carboxylic acids is 1. The van der Waals surface area contributed by atoms with Crippen molar-refractivity contribution in [1.82, 2.24) is 5.32 Å². The van der Waals surface area contributed by atoms with E-state index in [4.69, 9.17) is 5.11 Å². The van der Waals surface area contributed by atoms with Gasteiger partial charge in [0.15, 0.2) is 6.10 Å². The van der Waals surface area contributed by atoms with Crippen molar-refractivity contribution in [2.24, 2.45) is 0 Å². The quantitative estimate of drug-likeness (QED) is 0.730. The third kappa shape index (κ3) is 7.17. The molecule has 0 aromatic carbocycles. The van der Waals surface area contributed by atoms with Crippen LogP contribution in [0.25, 0.3) is 0 Å². The van der Waals surface area contributed by atoms with E-state index in [0.717, 1.165) is 6.92 Å². The van der Waals surface area contributed by atoms with Crippen LogP contribution in [0.3, 0.4) is 0 Å². The monoisotopic (exact) mass is 257 g/mol. The van der Waals surface area contributed by atoms with Crippen molar-refractivity contribution in [2.75, 3.05) is 6.61 Å². The summed E-state index contributed by atoms with van der Waals surface area (Å²) in [6.07, 6.45) is -6.30. The van der Waals surface area contributed by atoms with Crippen LogP contribution < -0.4 is 5.32 Å². The van der Waals surface area contributed by atoms with Gasteiger partial charge in [-0.15, -0.1) is 0 Å². The van der Waals surface area contributed by atoms with Crippen molar-refractivity contribution in [2.45, 2.75) is 51.6 Å². The van der Waals surface area contributed by atoms with E-state index in [9.17, 15) is 18.0 Å². The summed E-state index contributed by atoms with van der Waals surface area (Å²) >= 11 is 0. The summed E-state index contributed by atoms with van der Waals surface area (Å²) in [5.41, 5.74) is 0. The predicted molar refractivity (Wildman–Crippen MR) is 55.8 cm³/mol. The molecule has 0 spiro atoms. The van der Waals surface area contributed by atoms with Crippen molar-refractivity contribution in [3.8, 4) is 0 Å². The van der Waals surface area contributed by atoms with E-state index in [1.54, 1.807) is 13.8 Å². The Morgan fingerprint density at radius 2 is 1.88 bits per heavy atom. The second-order valence-corrected chi connectivity index (χ2v) is 4.06. The topological polar surface area (TPSA) is 58.6 Å². The number of carboxylic acid groups (broad SMARTS) is 1. The minimum atomic E-state index is -4.41. The normalized spacial score (nSPS) is 15.9. The molecule has 0 aromatic rings. The number of hydrogen-bond donors (Lipinski definition) is 2. The lowest BCUT2D eigenvalue weighted by Gasteiger charge is -2.20. The molecule has 0 saturated carbocycles. The summed E-state index contributed by atoms with van der Waals surface area (Å²) in [6, 6.07) is -0.952. The summed E-state index contributed by atoms with van der Waals surface area (Å²) < 4.78 is 40.8. The van der Waals surface area contributed by atoms with Crippen LogP contribution in [0.2, 0.25) is 0 Å². The van der Waals surface area contributed by atoms with Crippen LogP contribution >= 0.6 is 0 Å². The lowest BCUT2D eigenvalue weighted by molar-refractivity contribution is -0.214. The third-order valence-corrected chi connectivity index (χ3v) is 2.07. The molecule has 102 valence electrons. The first-order chi connectivity index (χ1) is 7.64. The van der Waals surface area contributed by atoms with Gasteiger partial charge in [-0.25, -0.2) is 0 Å². The molecule has 0 radical (unpaired) electrons. The van der Waals surface area contributed by atoms with Crippen LogP contribution in [0, 0.1) is 0 Å². The molecule has 0 fully saturated rings. The molecule has 2 unspecified atom stereocenters. The lowest BCUT2D eigenvalue weighted by Crippen LogP contribution is -2.42. The molecular formula is C10H18F3NO3. The number of hydrogen-bond acceptors (Lipinski definition) is 3. The first kappa shape index (κ1) is 16.2. The maximum absolute atomic E-state index is 12.1. The molecule has 4 nitrogen and oxygen atoms in total. The lowest BCUT2D eigenvalue weighted by atomic mass is 10.2. The fourth-order valence-corrected chi connectivity index (χ4v) is 1.14. The molecule has 0 rings (SSSR count). The van der Waals surface area contributed by atoms with Crippen LogP contribution in [-0.4, -0.2) is 42.0 Å². The molecule has 0 aliphatic rings. The second-order valence-electron chi connectivity index (χ2n) is 4.06. The van der Waals surface area contributed by atoms with Gasteiger partial charge in [-0.1, -0.05) is 13.8 Å². The SMILES string of the molecule is CC(C)NC(CCOC(C)C(F)(F)F)C(=O)O. The van der Waals surface area contributed by atoms with Crippen LogP contribution in [0.1, 0.15) is 27.2 Å². The minimum absolute atomic E-state index is 0.00602. The van der Waals surface area contributed by atoms with E-state index in [1.165, 1.54) is 0 Å². The average molecular weight is 257 g/mol. The van der Waals surface area contributed by atoms with E-state index >= 15 is 0 Å². The Kier molecular flexibility index (Phi) is 6.48. The maximum Gasteiger partial charge on any atom is 0.414 e. The largest absolute Gasteiger partial charge is 0.480 e. The molecule has 0 amide bonds. The van der Waals surface area contributed by atoms with Crippen molar-refractivity contribution in [3.05, 3.63) is 0 Å². The number of nitrogens with one attached hydrogen (secondary N) is 1. The van der Waals surface area contributed by atoms with Gasteiger partial charge >= 0.3 is 12.1 Å². The van der Waals surface area contributed by atoms with Gasteiger partial charge in [-0.05, 0) is 13.3 Å². The van der Waals surface area contributed by atoms with Crippen molar-refractivity contribution < 1.29 is 27.8 Å². The summed E-state index contributed by atoms with van der Waals surface area (Å²) in [6.45, 7) is 4.16. The fraction of sp³-hybridized carbons (Fsp3) is 0.900. The third-order valence-electron chi connectivity index (χ3n) is 2.07. The molecule has 0 aromatic heterocycles. The highest BCUT2D eigenvalue weighted by Gasteiger charge is 2.37. The minimum Gasteiger partial charge on any atom is -0.480 e. The predicted octanol–water partition coefficient (Wildman–Crippen LogP) is 1.80. The molecule has 7 heteroatoms.